The molecule has 0 bridgehead atoms. The van der Waals surface area contributed by atoms with Crippen LogP contribution in [0, 0.1) is 18.8 Å². The zero-order valence-corrected chi connectivity index (χ0v) is 37.7. The van der Waals surface area contributed by atoms with Crippen molar-refractivity contribution in [2.24, 2.45) is 11.8 Å². The number of nitrogens with one attached hydrogen (secondary N) is 1. The van der Waals surface area contributed by atoms with Gasteiger partial charge in [-0.3, -0.25) is 9.65 Å². The van der Waals surface area contributed by atoms with Gasteiger partial charge in [-0.15, -0.1) is 6.04 Å². The largest absolute Gasteiger partial charge is 0.591 e. The summed E-state index contributed by atoms with van der Waals surface area (Å²) in [6.07, 6.45) is 5.08. The van der Waals surface area contributed by atoms with Gasteiger partial charge in [0, 0.05) is 42.7 Å². The van der Waals surface area contributed by atoms with Crippen LogP contribution in [0.3, 0.4) is 0 Å². The van der Waals surface area contributed by atoms with Crippen LogP contribution in [-0.4, -0.2) is 61.2 Å². The van der Waals surface area contributed by atoms with Crippen LogP contribution in [0.5, 0.6) is 0 Å². The molecule has 54 heavy (non-hydrogen) atoms. The average Bonchev–Trinajstić information content (AvgIpc) is 3.92. The number of nitrogens with zero attached hydrogens (tertiary/aromatic N) is 3. The molecule has 2 atom stereocenters. The van der Waals surface area contributed by atoms with Gasteiger partial charge in [-0.25, -0.2) is 0 Å². The number of hydrogen-bond acceptors (Lipinski definition) is 4. The molecule has 0 aliphatic carbocycles. The minimum atomic E-state index is -2.99. The molecule has 1 N–H and O–H groups in total. The Morgan fingerprint density at radius 2 is 0.907 bits per heavy atom. The van der Waals surface area contributed by atoms with Gasteiger partial charge in [0.1, 0.15) is 0 Å². The standard InChI is InChI=1S/C21H29N2OP.C21H28N2OP.C2H5.CH4.Zn/c2*1-18(2)21(17-23-15-9-10-16-23)22-25(24,19-11-5-3-6-12-19)20-13-7-4-8-14-20;1-2;;/h3-8,11-14,18,21H,9-10,15-17H2,1-2H3,(H,22,24);3-8,11-14,18,21H,9-10,15-17H2,1-2H3;1H2,2H3;1H4;/q;2*-1;;/t2*21-;;;/m11.../s1. The fourth-order valence-electron chi connectivity index (χ4n) is 6.81. The summed E-state index contributed by atoms with van der Waals surface area (Å²) >= 11 is 0. The summed E-state index contributed by atoms with van der Waals surface area (Å²) in [5.74, 6) is 0.780. The molecule has 0 unspecified atom stereocenters. The second-order valence-corrected chi connectivity index (χ2v) is 19.4. The van der Waals surface area contributed by atoms with E-state index in [1.54, 1.807) is 6.92 Å². The first-order chi connectivity index (χ1) is 25.2. The Balaban J connectivity index is 0.000000345. The predicted molar refractivity (Wildman–Crippen MR) is 232 cm³/mol. The Labute approximate surface area is 341 Å². The second kappa shape index (κ2) is 24.4. The summed E-state index contributed by atoms with van der Waals surface area (Å²) in [5, 5.41) is 12.0. The maximum absolute atomic E-state index is 14.2. The Morgan fingerprint density at radius 3 is 1.24 bits per heavy atom. The van der Waals surface area contributed by atoms with Gasteiger partial charge < -0.3 is 26.4 Å². The molecule has 0 amide bonds. The van der Waals surface area contributed by atoms with Gasteiger partial charge in [0.2, 0.25) is 7.29 Å². The molecule has 6 nitrogen and oxygen atoms in total. The molecule has 2 aliphatic rings. The number of hydrogen-bond donors (Lipinski definition) is 1. The van der Waals surface area contributed by atoms with Gasteiger partial charge in [-0.05, 0) is 99.2 Å². The zero-order valence-electron chi connectivity index (χ0n) is 32.9. The minimum absolute atomic E-state index is 0. The van der Waals surface area contributed by atoms with Crippen molar-refractivity contribution < 1.29 is 28.6 Å². The van der Waals surface area contributed by atoms with Crippen molar-refractivity contribution in [1.82, 2.24) is 14.9 Å². The van der Waals surface area contributed by atoms with Crippen LogP contribution in [0.1, 0.15) is 67.7 Å². The Morgan fingerprint density at radius 1 is 0.574 bits per heavy atom. The van der Waals surface area contributed by atoms with Gasteiger partial charge in [0.05, 0.1) is 7.29 Å². The normalized spacial score (nSPS) is 15.9. The third kappa shape index (κ3) is 13.5. The second-order valence-electron chi connectivity index (χ2n) is 14.4. The molecule has 0 radical (unpaired) electrons. The predicted octanol–water partition coefficient (Wildman–Crippen LogP) is 9.51. The zero-order chi connectivity index (χ0) is 37.4. The van der Waals surface area contributed by atoms with Gasteiger partial charge in [-0.2, -0.15) is 6.92 Å². The van der Waals surface area contributed by atoms with E-state index in [1.165, 1.54) is 25.7 Å². The number of rotatable bonds is 14. The van der Waals surface area contributed by atoms with E-state index in [0.29, 0.717) is 11.8 Å². The van der Waals surface area contributed by atoms with E-state index in [0.717, 1.165) is 60.5 Å². The summed E-state index contributed by atoms with van der Waals surface area (Å²) < 4.78 is 28.3. The van der Waals surface area contributed by atoms with Crippen molar-refractivity contribution in [3.63, 3.8) is 0 Å². The van der Waals surface area contributed by atoms with Crippen LogP contribution in [-0.2, 0) is 28.6 Å². The topological polar surface area (TPSA) is 66.8 Å². The van der Waals surface area contributed by atoms with Crippen LogP contribution in [0.4, 0.5) is 0 Å². The molecule has 2 heterocycles. The first-order valence-corrected chi connectivity index (χ1v) is 22.6. The molecule has 2 saturated heterocycles. The number of likely N-dealkylation sites (tertiary alicyclic amines) is 2. The maximum atomic E-state index is 14.2. The molecule has 2 aliphatic heterocycles. The third-order valence-electron chi connectivity index (χ3n) is 9.98. The van der Waals surface area contributed by atoms with E-state index in [2.05, 4.69) is 49.5 Å². The van der Waals surface area contributed by atoms with Crippen LogP contribution in [0.15, 0.2) is 121 Å². The quantitative estimate of drug-likeness (QED) is 0.0781. The molecule has 4 aromatic carbocycles. The van der Waals surface area contributed by atoms with E-state index < -0.39 is 14.6 Å². The van der Waals surface area contributed by atoms with E-state index >= 15 is 0 Å². The molecule has 292 valence electrons. The van der Waals surface area contributed by atoms with Crippen molar-refractivity contribution in [2.45, 2.75) is 79.8 Å². The summed E-state index contributed by atoms with van der Waals surface area (Å²) in [5.41, 5.74) is 0. The summed E-state index contributed by atoms with van der Waals surface area (Å²) in [7, 11) is -5.86. The Bertz CT molecular complexity index is 1440. The van der Waals surface area contributed by atoms with E-state index in [4.69, 9.17) is 5.09 Å². The molecular weight excluding hydrogens is 756 g/mol. The molecular formula is C45H66N4O2P2Zn-2. The molecule has 6 rings (SSSR count). The average molecular weight is 822 g/mol. The maximum Gasteiger partial charge on any atom is 0.204 e. The molecule has 9 heteroatoms. The number of benzene rings is 4. The van der Waals surface area contributed by atoms with Crippen LogP contribution >= 0.6 is 14.6 Å². The van der Waals surface area contributed by atoms with Crippen molar-refractivity contribution >= 4 is 35.8 Å². The smallest absolute Gasteiger partial charge is 0.204 e. The van der Waals surface area contributed by atoms with E-state index in [-0.39, 0.29) is 39.0 Å². The van der Waals surface area contributed by atoms with Gasteiger partial charge in [-0.1, -0.05) is 138 Å². The molecule has 0 aromatic heterocycles. The summed E-state index contributed by atoms with van der Waals surface area (Å²) in [6, 6.07) is 39.5. The summed E-state index contributed by atoms with van der Waals surface area (Å²) in [6.45, 7) is 20.3. The van der Waals surface area contributed by atoms with E-state index in [1.807, 2.05) is 121 Å². The van der Waals surface area contributed by atoms with Crippen molar-refractivity contribution in [1.29, 1.82) is 0 Å². The summed E-state index contributed by atoms with van der Waals surface area (Å²) in [4.78, 5) is 4.96. The van der Waals surface area contributed by atoms with Crippen molar-refractivity contribution in [2.75, 3.05) is 39.3 Å². The monoisotopic (exact) mass is 820 g/mol. The van der Waals surface area contributed by atoms with E-state index in [9.17, 15) is 9.13 Å². The fraction of sp³-hybridized carbons (Fsp3) is 0.444. The molecule has 2 fully saturated rings. The first-order valence-electron chi connectivity index (χ1n) is 19.3. The third-order valence-corrected chi connectivity index (χ3v) is 15.3. The van der Waals surface area contributed by atoms with Crippen LogP contribution < -0.4 is 26.3 Å². The Hall–Kier alpha value is -2.20. The molecule has 0 spiro atoms. The van der Waals surface area contributed by atoms with Gasteiger partial charge in [0.25, 0.3) is 0 Å². The fourth-order valence-corrected chi connectivity index (χ4v) is 11.9. The minimum Gasteiger partial charge on any atom is -0.591 e. The Kier molecular flexibility index (Phi) is 21.7. The van der Waals surface area contributed by atoms with Crippen molar-refractivity contribution in [3.8, 4) is 0 Å². The van der Waals surface area contributed by atoms with Crippen LogP contribution in [0.25, 0.3) is 5.09 Å². The molecule has 4 aromatic rings. The molecule has 0 saturated carbocycles. The van der Waals surface area contributed by atoms with Crippen LogP contribution in [0.2, 0.25) is 0 Å². The van der Waals surface area contributed by atoms with Gasteiger partial charge in [0.15, 0.2) is 0 Å². The van der Waals surface area contributed by atoms with Gasteiger partial charge >= 0.3 is 0 Å². The van der Waals surface area contributed by atoms with Crippen molar-refractivity contribution in [3.05, 3.63) is 133 Å². The SMILES string of the molecule is C.CC(C)[C@@H](CN1CCCC1)NP(=O)(c1ccccc1)c1ccccc1.CC(C)[C@@H](CN1CCCC1)[N-]P(=O)(c1ccccc1)c1ccccc1.[CH2-]C.[Zn]. The first kappa shape index (κ1) is 48.0.